The summed E-state index contributed by atoms with van der Waals surface area (Å²) >= 11 is 0. The highest BCUT2D eigenvalue weighted by Gasteiger charge is 2.04. The summed E-state index contributed by atoms with van der Waals surface area (Å²) in [6.07, 6.45) is 0. The quantitative estimate of drug-likeness (QED) is 0.822. The van der Waals surface area contributed by atoms with Gasteiger partial charge in [-0.25, -0.2) is 4.39 Å². The lowest BCUT2D eigenvalue weighted by molar-refractivity contribution is 0.299. The number of hydrogen-bond donors (Lipinski definition) is 0. The Morgan fingerprint density at radius 3 is 2.78 bits per heavy atom. The minimum Gasteiger partial charge on any atom is -0.489 e. The maximum Gasteiger partial charge on any atom is 0.129 e. The number of nitriles is 1. The summed E-state index contributed by atoms with van der Waals surface area (Å²) in [5.41, 5.74) is 1.90. The normalized spacial score (nSPS) is 9.83. The highest BCUT2D eigenvalue weighted by molar-refractivity contribution is 5.34. The Kier molecular flexibility index (Phi) is 3.59. The van der Waals surface area contributed by atoms with Crippen molar-refractivity contribution in [2.45, 2.75) is 13.5 Å². The molecule has 0 bridgehead atoms. The molecule has 0 saturated carbocycles. The van der Waals surface area contributed by atoms with E-state index in [0.29, 0.717) is 16.9 Å². The molecule has 0 saturated heterocycles. The SMILES string of the molecule is Cc1cccc(OCc2cc(C#N)ccc2F)c1. The van der Waals surface area contributed by atoms with Gasteiger partial charge in [-0.2, -0.15) is 5.26 Å². The van der Waals surface area contributed by atoms with Gasteiger partial charge >= 0.3 is 0 Å². The molecule has 0 N–H and O–H groups in total. The molecule has 0 aromatic heterocycles. The van der Waals surface area contributed by atoms with E-state index >= 15 is 0 Å². The predicted octanol–water partition coefficient (Wildman–Crippen LogP) is 3.58. The van der Waals surface area contributed by atoms with Gasteiger partial charge in [-0.3, -0.25) is 0 Å². The summed E-state index contributed by atoms with van der Waals surface area (Å²) in [5.74, 6) is 0.332. The lowest BCUT2D eigenvalue weighted by Gasteiger charge is -2.08. The maximum absolute atomic E-state index is 13.5. The van der Waals surface area contributed by atoms with E-state index in [1.54, 1.807) is 0 Å². The zero-order chi connectivity index (χ0) is 13.0. The topological polar surface area (TPSA) is 33.0 Å². The zero-order valence-corrected chi connectivity index (χ0v) is 9.98. The monoisotopic (exact) mass is 241 g/mol. The van der Waals surface area contributed by atoms with Crippen LogP contribution in [0, 0.1) is 24.1 Å². The third kappa shape index (κ3) is 2.86. The van der Waals surface area contributed by atoms with Crippen LogP contribution in [0.4, 0.5) is 4.39 Å². The summed E-state index contributed by atoms with van der Waals surface area (Å²) < 4.78 is 19.0. The summed E-state index contributed by atoms with van der Waals surface area (Å²) in [6, 6.07) is 13.8. The smallest absolute Gasteiger partial charge is 0.129 e. The van der Waals surface area contributed by atoms with Gasteiger partial charge < -0.3 is 4.74 Å². The van der Waals surface area contributed by atoms with Gasteiger partial charge in [0.2, 0.25) is 0 Å². The first-order valence-corrected chi connectivity index (χ1v) is 5.57. The Labute approximate surface area is 105 Å². The number of halogens is 1. The van der Waals surface area contributed by atoms with Gasteiger partial charge in [0, 0.05) is 5.56 Å². The Morgan fingerprint density at radius 1 is 1.22 bits per heavy atom. The van der Waals surface area contributed by atoms with Crippen LogP contribution < -0.4 is 4.74 Å². The molecule has 90 valence electrons. The van der Waals surface area contributed by atoms with Gasteiger partial charge in [0.05, 0.1) is 11.6 Å². The highest BCUT2D eigenvalue weighted by Crippen LogP contribution is 2.16. The molecule has 0 spiro atoms. The van der Waals surface area contributed by atoms with Crippen LogP contribution in [0.1, 0.15) is 16.7 Å². The van der Waals surface area contributed by atoms with Gasteiger partial charge in [-0.15, -0.1) is 0 Å². The van der Waals surface area contributed by atoms with Crippen molar-refractivity contribution in [3.8, 4) is 11.8 Å². The molecule has 18 heavy (non-hydrogen) atoms. The third-order valence-corrected chi connectivity index (χ3v) is 2.56. The zero-order valence-electron chi connectivity index (χ0n) is 9.98. The number of hydrogen-bond acceptors (Lipinski definition) is 2. The first-order chi connectivity index (χ1) is 8.69. The molecule has 2 nitrogen and oxygen atoms in total. The first-order valence-electron chi connectivity index (χ1n) is 5.57. The van der Waals surface area contributed by atoms with Crippen molar-refractivity contribution in [2.75, 3.05) is 0 Å². The third-order valence-electron chi connectivity index (χ3n) is 2.56. The van der Waals surface area contributed by atoms with Crippen LogP contribution in [-0.2, 0) is 6.61 Å². The van der Waals surface area contributed by atoms with E-state index in [1.165, 1.54) is 18.2 Å². The number of ether oxygens (including phenoxy) is 1. The minimum atomic E-state index is -0.360. The van der Waals surface area contributed by atoms with Gasteiger partial charge in [0.15, 0.2) is 0 Å². The summed E-state index contributed by atoms with van der Waals surface area (Å²) in [4.78, 5) is 0. The van der Waals surface area contributed by atoms with Crippen molar-refractivity contribution in [3.63, 3.8) is 0 Å². The molecule has 0 unspecified atom stereocenters. The van der Waals surface area contributed by atoms with Crippen LogP contribution in [0.15, 0.2) is 42.5 Å². The molecule has 0 aliphatic carbocycles. The largest absolute Gasteiger partial charge is 0.489 e. The van der Waals surface area contributed by atoms with E-state index < -0.39 is 0 Å². The lowest BCUT2D eigenvalue weighted by Crippen LogP contribution is -1.99. The maximum atomic E-state index is 13.5. The minimum absolute atomic E-state index is 0.116. The second kappa shape index (κ2) is 5.33. The molecule has 3 heteroatoms. The van der Waals surface area contributed by atoms with Crippen molar-refractivity contribution >= 4 is 0 Å². The fourth-order valence-corrected chi connectivity index (χ4v) is 1.62. The fourth-order valence-electron chi connectivity index (χ4n) is 1.62. The van der Waals surface area contributed by atoms with Crippen LogP contribution in [0.3, 0.4) is 0 Å². The average Bonchev–Trinajstić information content (AvgIpc) is 2.38. The van der Waals surface area contributed by atoms with Crippen molar-refractivity contribution < 1.29 is 9.13 Å². The summed E-state index contributed by atoms with van der Waals surface area (Å²) in [7, 11) is 0. The van der Waals surface area contributed by atoms with Crippen LogP contribution >= 0.6 is 0 Å². The summed E-state index contributed by atoms with van der Waals surface area (Å²) in [5, 5.41) is 8.76. The molecule has 0 atom stereocenters. The van der Waals surface area contributed by atoms with Crippen molar-refractivity contribution in [1.82, 2.24) is 0 Å². The summed E-state index contributed by atoms with van der Waals surface area (Å²) in [6.45, 7) is 2.08. The van der Waals surface area contributed by atoms with E-state index in [4.69, 9.17) is 10.00 Å². The molecule has 0 aliphatic rings. The van der Waals surface area contributed by atoms with Gasteiger partial charge in [-0.1, -0.05) is 12.1 Å². The molecule has 0 amide bonds. The highest BCUT2D eigenvalue weighted by atomic mass is 19.1. The Bertz CT molecular complexity index is 602. The standard InChI is InChI=1S/C15H12FNO/c1-11-3-2-4-14(7-11)18-10-13-8-12(9-17)5-6-15(13)16/h2-8H,10H2,1H3. The van der Waals surface area contributed by atoms with Crippen molar-refractivity contribution in [1.29, 1.82) is 5.26 Å². The number of aryl methyl sites for hydroxylation is 1. The van der Waals surface area contributed by atoms with Gasteiger partial charge in [0.25, 0.3) is 0 Å². The van der Waals surface area contributed by atoms with E-state index in [2.05, 4.69) is 0 Å². The fraction of sp³-hybridized carbons (Fsp3) is 0.133. The molecule has 0 heterocycles. The second-order valence-electron chi connectivity index (χ2n) is 4.02. The average molecular weight is 241 g/mol. The molecule has 2 rings (SSSR count). The Morgan fingerprint density at radius 2 is 2.06 bits per heavy atom. The number of rotatable bonds is 3. The Hall–Kier alpha value is -2.34. The van der Waals surface area contributed by atoms with E-state index in [1.807, 2.05) is 37.3 Å². The lowest BCUT2D eigenvalue weighted by atomic mass is 10.1. The van der Waals surface area contributed by atoms with Gasteiger partial charge in [-0.05, 0) is 42.8 Å². The van der Waals surface area contributed by atoms with E-state index in [9.17, 15) is 4.39 Å². The number of nitrogens with zero attached hydrogens (tertiary/aromatic N) is 1. The molecule has 0 fully saturated rings. The van der Waals surface area contributed by atoms with Crippen LogP contribution in [0.2, 0.25) is 0 Å². The molecule has 0 radical (unpaired) electrons. The van der Waals surface area contributed by atoms with Crippen LogP contribution in [0.5, 0.6) is 5.75 Å². The number of benzene rings is 2. The molecule has 2 aromatic rings. The molecular weight excluding hydrogens is 229 g/mol. The van der Waals surface area contributed by atoms with E-state index in [-0.39, 0.29) is 12.4 Å². The van der Waals surface area contributed by atoms with Crippen molar-refractivity contribution in [3.05, 3.63) is 65.0 Å². The molecule has 0 aliphatic heterocycles. The van der Waals surface area contributed by atoms with Crippen LogP contribution in [0.25, 0.3) is 0 Å². The Balaban J connectivity index is 2.13. The predicted molar refractivity (Wildman–Crippen MR) is 66.6 cm³/mol. The van der Waals surface area contributed by atoms with Crippen molar-refractivity contribution in [2.24, 2.45) is 0 Å². The molecular formula is C15H12FNO. The second-order valence-corrected chi connectivity index (χ2v) is 4.02. The van der Waals surface area contributed by atoms with E-state index in [0.717, 1.165) is 5.56 Å². The van der Waals surface area contributed by atoms with Gasteiger partial charge in [0.1, 0.15) is 18.2 Å². The first kappa shape index (κ1) is 12.1. The van der Waals surface area contributed by atoms with Crippen LogP contribution in [-0.4, -0.2) is 0 Å². The molecule has 2 aromatic carbocycles.